The van der Waals surface area contributed by atoms with Gasteiger partial charge in [-0.1, -0.05) is 56.0 Å². The maximum absolute atomic E-state index is 12.7. The zero-order valence-corrected chi connectivity index (χ0v) is 26.8. The van der Waals surface area contributed by atoms with Crippen molar-refractivity contribution in [2.75, 3.05) is 44.6 Å². The van der Waals surface area contributed by atoms with Crippen LogP contribution in [0.4, 0.5) is 5.69 Å². The molecule has 7 rings (SSSR count). The third kappa shape index (κ3) is 5.89. The molecular weight excluding hydrogens is 563 g/mol. The van der Waals surface area contributed by atoms with E-state index >= 15 is 0 Å². The largest absolute Gasteiger partial charge is 0.373 e. The van der Waals surface area contributed by atoms with Crippen LogP contribution >= 0.6 is 11.3 Å². The van der Waals surface area contributed by atoms with Gasteiger partial charge in [0.1, 0.15) is 0 Å². The molecule has 44 heavy (non-hydrogen) atoms. The van der Waals surface area contributed by atoms with Gasteiger partial charge in [-0.3, -0.25) is 4.79 Å². The Kier molecular flexibility index (Phi) is 8.43. The Bertz CT molecular complexity index is 1510. The second kappa shape index (κ2) is 12.6. The van der Waals surface area contributed by atoms with E-state index in [2.05, 4.69) is 73.7 Å². The molecule has 0 radical (unpaired) electrons. The van der Waals surface area contributed by atoms with E-state index in [4.69, 9.17) is 6.58 Å². The summed E-state index contributed by atoms with van der Waals surface area (Å²) in [5.41, 5.74) is 4.75. The summed E-state index contributed by atoms with van der Waals surface area (Å²) >= 11 is 1.83. The molecule has 0 aliphatic carbocycles. The van der Waals surface area contributed by atoms with Gasteiger partial charge in [-0.2, -0.15) is 0 Å². The predicted octanol–water partition coefficient (Wildman–Crippen LogP) is 6.71. The van der Waals surface area contributed by atoms with Crippen molar-refractivity contribution in [3.63, 3.8) is 0 Å². The van der Waals surface area contributed by atoms with Gasteiger partial charge in [0.25, 0.3) is 0 Å². The van der Waals surface area contributed by atoms with Gasteiger partial charge in [-0.15, -0.1) is 11.3 Å². The molecule has 6 nitrogen and oxygen atoms in total. The van der Waals surface area contributed by atoms with Crippen molar-refractivity contribution in [2.45, 2.75) is 75.3 Å². The van der Waals surface area contributed by atoms with Crippen LogP contribution in [0.25, 0.3) is 10.1 Å². The van der Waals surface area contributed by atoms with Crippen LogP contribution in [0, 0.1) is 0 Å². The number of hydrogen-bond donors (Lipinski definition) is 2. The van der Waals surface area contributed by atoms with E-state index in [0.29, 0.717) is 12.5 Å². The van der Waals surface area contributed by atoms with Crippen LogP contribution in [0.2, 0.25) is 0 Å². The van der Waals surface area contributed by atoms with Gasteiger partial charge in [-0.25, -0.2) is 0 Å². The number of nitrogens with one attached hydrogen (secondary N) is 2. The highest BCUT2D eigenvalue weighted by molar-refractivity contribution is 7.17. The van der Waals surface area contributed by atoms with Crippen LogP contribution < -0.4 is 10.6 Å². The van der Waals surface area contributed by atoms with Gasteiger partial charge >= 0.3 is 0 Å². The van der Waals surface area contributed by atoms with Crippen molar-refractivity contribution in [2.24, 2.45) is 0 Å². The minimum atomic E-state index is -0.0903. The lowest BCUT2D eigenvalue weighted by Gasteiger charge is -2.46. The molecule has 3 fully saturated rings. The van der Waals surface area contributed by atoms with E-state index in [1.54, 1.807) is 0 Å². The maximum atomic E-state index is 12.7. The number of amides is 1. The standard InChI is InChI=1S/C37H47N5OS/c1-27(40-20-14-30(15-21-40)42-18-8-3-9-19-42)34(24-29-26-44-35-13-7-4-10-31(29)35)38-28(2)41-22-16-37(17-23-41)25-36(43)39-33-12-6-5-11-32(33)37/h4-7,10-13,26,30,34,38H,1-3,8-9,14-25H2,(H,39,43)/t34-/m1/s1. The fourth-order valence-electron chi connectivity index (χ4n) is 8.28. The summed E-state index contributed by atoms with van der Waals surface area (Å²) in [5.74, 6) is 1.11. The fourth-order valence-corrected chi connectivity index (χ4v) is 9.26. The average Bonchev–Trinajstić information content (AvgIpc) is 3.47. The number of rotatable bonds is 8. The summed E-state index contributed by atoms with van der Waals surface area (Å²) in [4.78, 5) is 20.4. The van der Waals surface area contributed by atoms with E-state index in [1.165, 1.54) is 72.1 Å². The summed E-state index contributed by atoms with van der Waals surface area (Å²) in [6, 6.07) is 17.9. The number of thiophene rings is 1. The molecule has 7 heteroatoms. The molecular formula is C37H47N5OS. The Morgan fingerprint density at radius 1 is 0.932 bits per heavy atom. The molecule has 1 amide bonds. The quantitative estimate of drug-likeness (QED) is 0.297. The lowest BCUT2D eigenvalue weighted by atomic mass is 9.68. The molecule has 0 saturated carbocycles. The normalized spacial score (nSPS) is 21.6. The van der Waals surface area contributed by atoms with E-state index in [1.807, 2.05) is 23.5 Å². The fraction of sp³-hybridized carbons (Fsp3) is 0.486. The predicted molar refractivity (Wildman–Crippen MR) is 183 cm³/mol. The van der Waals surface area contributed by atoms with Crippen LogP contribution in [0.1, 0.15) is 62.5 Å². The molecule has 0 unspecified atom stereocenters. The summed E-state index contributed by atoms with van der Waals surface area (Å²) < 4.78 is 1.34. The van der Waals surface area contributed by atoms with Crippen molar-refractivity contribution in [1.82, 2.24) is 20.0 Å². The molecule has 0 bridgehead atoms. The number of piperidine rings is 3. The zero-order valence-electron chi connectivity index (χ0n) is 26.0. The van der Waals surface area contributed by atoms with E-state index in [9.17, 15) is 4.79 Å². The molecule has 3 aromatic rings. The lowest BCUT2D eigenvalue weighted by molar-refractivity contribution is -0.118. The highest BCUT2D eigenvalue weighted by Crippen LogP contribution is 2.45. The second-order valence-corrected chi connectivity index (χ2v) is 14.4. The Morgan fingerprint density at radius 2 is 1.66 bits per heavy atom. The van der Waals surface area contributed by atoms with Gasteiger partial charge in [0.05, 0.1) is 11.9 Å². The second-order valence-electron chi connectivity index (χ2n) is 13.4. The molecule has 4 aliphatic rings. The first-order chi connectivity index (χ1) is 21.5. The van der Waals surface area contributed by atoms with Gasteiger partial charge in [0, 0.05) is 60.1 Å². The van der Waals surface area contributed by atoms with Crippen molar-refractivity contribution in [1.29, 1.82) is 0 Å². The number of para-hydroxylation sites is 1. The Morgan fingerprint density at radius 3 is 2.45 bits per heavy atom. The number of carbonyl (C=O) groups excluding carboxylic acids is 1. The number of hydrogen-bond acceptors (Lipinski definition) is 6. The smallest absolute Gasteiger partial charge is 0.225 e. The highest BCUT2D eigenvalue weighted by Gasteiger charge is 2.42. The Labute approximate surface area is 266 Å². The molecule has 3 saturated heterocycles. The molecule has 1 spiro atoms. The maximum Gasteiger partial charge on any atom is 0.225 e. The minimum absolute atomic E-state index is 0.0733. The number of likely N-dealkylation sites (tertiary alicyclic amines) is 3. The van der Waals surface area contributed by atoms with Crippen LogP contribution in [0.5, 0.6) is 0 Å². The minimum Gasteiger partial charge on any atom is -0.373 e. The van der Waals surface area contributed by atoms with Crippen molar-refractivity contribution in [3.8, 4) is 0 Å². The summed E-state index contributed by atoms with van der Waals surface area (Å²) in [7, 11) is 0. The topological polar surface area (TPSA) is 50.9 Å². The monoisotopic (exact) mass is 609 g/mol. The molecule has 232 valence electrons. The summed E-state index contributed by atoms with van der Waals surface area (Å²) in [6.45, 7) is 15.8. The van der Waals surface area contributed by atoms with Crippen LogP contribution in [-0.4, -0.2) is 72.0 Å². The highest BCUT2D eigenvalue weighted by atomic mass is 32.1. The number of carbonyl (C=O) groups is 1. The van der Waals surface area contributed by atoms with Crippen molar-refractivity contribution < 1.29 is 4.79 Å². The first-order valence-corrected chi connectivity index (χ1v) is 17.6. The lowest BCUT2D eigenvalue weighted by Crippen LogP contribution is -2.51. The molecule has 4 aliphatic heterocycles. The molecule has 1 atom stereocenters. The molecule has 2 N–H and O–H groups in total. The van der Waals surface area contributed by atoms with E-state index in [-0.39, 0.29) is 17.4 Å². The van der Waals surface area contributed by atoms with Gasteiger partial charge < -0.3 is 25.3 Å². The van der Waals surface area contributed by atoms with Crippen LogP contribution in [-0.2, 0) is 16.6 Å². The van der Waals surface area contributed by atoms with E-state index < -0.39 is 0 Å². The summed E-state index contributed by atoms with van der Waals surface area (Å²) in [5, 5.41) is 10.7. The number of fused-ring (bicyclic) bond motifs is 3. The average molecular weight is 610 g/mol. The zero-order chi connectivity index (χ0) is 30.1. The van der Waals surface area contributed by atoms with E-state index in [0.717, 1.165) is 56.9 Å². The van der Waals surface area contributed by atoms with Gasteiger partial charge in [0.2, 0.25) is 5.91 Å². The van der Waals surface area contributed by atoms with Crippen molar-refractivity contribution >= 4 is 33.0 Å². The third-order valence-electron chi connectivity index (χ3n) is 10.9. The molecule has 1 aromatic heterocycles. The first kappa shape index (κ1) is 29.4. The van der Waals surface area contributed by atoms with Crippen LogP contribution in [0.15, 0.2) is 78.6 Å². The summed E-state index contributed by atoms with van der Waals surface area (Å²) in [6.07, 6.45) is 9.89. The van der Waals surface area contributed by atoms with Gasteiger partial charge in [-0.05, 0) is 92.1 Å². The number of benzene rings is 2. The Hall–Kier alpha value is -3.29. The van der Waals surface area contributed by atoms with Gasteiger partial charge in [0.15, 0.2) is 0 Å². The SMILES string of the molecule is C=C(N[C@H](Cc1csc2ccccc12)C(=C)N1CCC(N2CCCCC2)CC1)N1CCC2(CC1)CC(=O)Nc1ccccc12. The number of anilines is 1. The molecule has 5 heterocycles. The third-order valence-corrected chi connectivity index (χ3v) is 11.9. The Balaban J connectivity index is 1.05. The van der Waals surface area contributed by atoms with Crippen molar-refractivity contribution in [3.05, 3.63) is 89.7 Å². The number of nitrogens with zero attached hydrogens (tertiary/aromatic N) is 3. The van der Waals surface area contributed by atoms with Crippen LogP contribution in [0.3, 0.4) is 0 Å². The first-order valence-electron chi connectivity index (χ1n) is 16.7. The molecule has 2 aromatic carbocycles.